The molecule has 3 nitrogen and oxygen atoms in total. The molecule has 8 aromatic carbocycles. The monoisotopic (exact) mass is 970 g/mol. The van der Waals surface area contributed by atoms with Gasteiger partial charge in [0.25, 0.3) is 6.71 Å². The maximum Gasteiger partial charge on any atom is 0.252 e. The van der Waals surface area contributed by atoms with Crippen LogP contribution in [0.25, 0.3) is 31.3 Å². The minimum atomic E-state index is -0.168. The molecule has 0 N–H and O–H groups in total. The molecule has 0 bridgehead atoms. The maximum absolute atomic E-state index is 2.82. The zero-order chi connectivity index (χ0) is 50.6. The van der Waals surface area contributed by atoms with Gasteiger partial charge in [-0.3, -0.25) is 0 Å². The minimum Gasteiger partial charge on any atom is -0.334 e. The number of benzene rings is 8. The Kier molecular flexibility index (Phi) is 10.1. The number of hydrogen-bond acceptors (Lipinski definition) is 4. The van der Waals surface area contributed by atoms with Crippen LogP contribution in [0.1, 0.15) is 124 Å². The largest absolute Gasteiger partial charge is 0.334 e. The van der Waals surface area contributed by atoms with Crippen LogP contribution < -0.4 is 31.1 Å². The van der Waals surface area contributed by atoms with Gasteiger partial charge in [-0.1, -0.05) is 179 Å². The first-order valence-electron chi connectivity index (χ1n) is 26.9. The predicted octanol–water partition coefficient (Wildman–Crippen LogP) is 17.4. The summed E-state index contributed by atoms with van der Waals surface area (Å²) >= 11 is 1.91. The molecule has 2 unspecified atom stereocenters. The molecule has 4 heterocycles. The summed E-state index contributed by atoms with van der Waals surface area (Å²) in [6, 6.07) is 64.2. The quantitative estimate of drug-likeness (QED) is 0.163. The fourth-order valence-corrected chi connectivity index (χ4v) is 14.6. The summed E-state index contributed by atoms with van der Waals surface area (Å²) in [6.07, 6.45) is 4.72. The van der Waals surface area contributed by atoms with E-state index >= 15 is 0 Å². The average Bonchev–Trinajstić information content (AvgIpc) is 3.84. The number of fused-ring (bicyclic) bond motifs is 10. The molecular formula is C68H68BN3S. The van der Waals surface area contributed by atoms with Crippen LogP contribution in [0.4, 0.5) is 45.5 Å². The second-order valence-electron chi connectivity index (χ2n) is 25.4. The van der Waals surface area contributed by atoms with E-state index in [0.717, 1.165) is 12.8 Å². The molecule has 1 aliphatic carbocycles. The lowest BCUT2D eigenvalue weighted by atomic mass is 9.33. The molecule has 2 atom stereocenters. The second-order valence-corrected chi connectivity index (χ2v) is 26.5. The van der Waals surface area contributed by atoms with E-state index in [2.05, 4.69) is 255 Å². The molecule has 0 amide bonds. The third kappa shape index (κ3) is 6.97. The van der Waals surface area contributed by atoms with Crippen molar-refractivity contribution in [2.75, 3.05) is 14.7 Å². The molecule has 1 aromatic heterocycles. The van der Waals surface area contributed by atoms with Gasteiger partial charge in [0.05, 0.1) is 5.54 Å². The van der Waals surface area contributed by atoms with Crippen molar-refractivity contribution in [1.82, 2.24) is 0 Å². The van der Waals surface area contributed by atoms with Crippen LogP contribution in [0.15, 0.2) is 164 Å². The van der Waals surface area contributed by atoms with E-state index < -0.39 is 0 Å². The van der Waals surface area contributed by atoms with Gasteiger partial charge in [0.1, 0.15) is 0 Å². The van der Waals surface area contributed by atoms with E-state index in [4.69, 9.17) is 0 Å². The van der Waals surface area contributed by atoms with Gasteiger partial charge in [0.2, 0.25) is 0 Å². The summed E-state index contributed by atoms with van der Waals surface area (Å²) in [5, 5.41) is 2.65. The number of thiophene rings is 1. The van der Waals surface area contributed by atoms with E-state index in [9.17, 15) is 0 Å². The van der Waals surface area contributed by atoms with Crippen LogP contribution >= 0.6 is 11.3 Å². The van der Waals surface area contributed by atoms with Crippen molar-refractivity contribution in [2.45, 2.75) is 129 Å². The topological polar surface area (TPSA) is 9.72 Å². The summed E-state index contributed by atoms with van der Waals surface area (Å²) in [5.74, 6) is 0. The third-order valence-corrected chi connectivity index (χ3v) is 19.0. The summed E-state index contributed by atoms with van der Waals surface area (Å²) in [4.78, 5) is 8.16. The molecule has 9 aromatic rings. The van der Waals surface area contributed by atoms with E-state index in [1.54, 1.807) is 0 Å². The van der Waals surface area contributed by atoms with Crippen molar-refractivity contribution < 1.29 is 0 Å². The van der Waals surface area contributed by atoms with Gasteiger partial charge in [-0.05, 0) is 153 Å². The minimum absolute atomic E-state index is 0.00766. The molecule has 1 saturated carbocycles. The highest BCUT2D eigenvalue weighted by molar-refractivity contribution is 7.25. The first-order valence-corrected chi connectivity index (χ1v) is 27.7. The van der Waals surface area contributed by atoms with E-state index in [0.29, 0.717) is 0 Å². The second kappa shape index (κ2) is 16.0. The number of rotatable bonds is 4. The summed E-state index contributed by atoms with van der Waals surface area (Å²) < 4.78 is 2.64. The van der Waals surface area contributed by atoms with Gasteiger partial charge in [0, 0.05) is 71.1 Å². The van der Waals surface area contributed by atoms with Crippen LogP contribution in [0.2, 0.25) is 0 Å². The Morgan fingerprint density at radius 3 is 1.68 bits per heavy atom. The van der Waals surface area contributed by atoms with Gasteiger partial charge >= 0.3 is 0 Å². The van der Waals surface area contributed by atoms with Gasteiger partial charge in [-0.2, -0.15) is 0 Å². The van der Waals surface area contributed by atoms with E-state index in [1.807, 2.05) is 11.3 Å². The molecule has 3 aliphatic heterocycles. The Balaban J connectivity index is 1.15. The van der Waals surface area contributed by atoms with Gasteiger partial charge in [0.15, 0.2) is 0 Å². The Hall–Kier alpha value is -6.56. The zero-order valence-corrected chi connectivity index (χ0v) is 45.6. The van der Waals surface area contributed by atoms with Crippen LogP contribution in [-0.4, -0.2) is 12.3 Å². The first kappa shape index (κ1) is 46.2. The fraction of sp³-hybridized carbons (Fsp3) is 0.294. The number of hydrogen-bond donors (Lipinski definition) is 0. The SMILES string of the molecule is CC(C)(C)c1cccc(N2c3cc(C(C)(C)C)ccc3B3c4ccc(C(C)(C)C)cc4N(c4ccc5c(c4)sc4ccccc45)c4cc(N5c6ccc(-c7ccccc7)cc6C6(C)CCCCC56C)cc2c43)c1. The van der Waals surface area contributed by atoms with E-state index in [-0.39, 0.29) is 33.9 Å². The highest BCUT2D eigenvalue weighted by Gasteiger charge is 2.58. The molecule has 5 heteroatoms. The van der Waals surface area contributed by atoms with E-state index in [1.165, 1.54) is 128 Å². The molecule has 0 spiro atoms. The maximum atomic E-state index is 2.82. The summed E-state index contributed by atoms with van der Waals surface area (Å²) in [5.41, 5.74) is 21.8. The van der Waals surface area contributed by atoms with Crippen molar-refractivity contribution in [3.63, 3.8) is 0 Å². The lowest BCUT2D eigenvalue weighted by Crippen LogP contribution is -2.61. The molecular weight excluding hydrogens is 902 g/mol. The van der Waals surface area contributed by atoms with Crippen LogP contribution in [-0.2, 0) is 21.7 Å². The van der Waals surface area contributed by atoms with Crippen LogP contribution in [0, 0.1) is 0 Å². The standard InChI is InChI=1S/C68H68BN3S/c1-64(2,3)45-22-19-23-48(37-45)70-57-38-46(65(4,5)6)27-31-54(57)69-55-32-28-47(66(7,8)9)39-58(55)71(49-29-30-52-51-24-15-16-25-61(51)73-62(52)42-49)60-41-50(40-59(70)63(60)69)72-56-33-26-44(43-20-13-12-14-21-43)36-53(56)67(10)34-17-18-35-68(67,72)11/h12-16,19-33,36-42H,17-18,34-35H2,1-11H3. The Morgan fingerprint density at radius 1 is 0.438 bits per heavy atom. The molecule has 0 radical (unpaired) electrons. The van der Waals surface area contributed by atoms with Crippen molar-refractivity contribution in [3.8, 4) is 11.1 Å². The average molecular weight is 970 g/mol. The molecule has 0 saturated heterocycles. The molecule has 73 heavy (non-hydrogen) atoms. The van der Waals surface area contributed by atoms with Crippen LogP contribution in [0.5, 0.6) is 0 Å². The van der Waals surface area contributed by atoms with Gasteiger partial charge in [-0.15, -0.1) is 11.3 Å². The Bertz CT molecular complexity index is 3710. The predicted molar refractivity (Wildman–Crippen MR) is 318 cm³/mol. The molecule has 364 valence electrons. The van der Waals surface area contributed by atoms with Crippen molar-refractivity contribution in [3.05, 3.63) is 186 Å². The Morgan fingerprint density at radius 2 is 1.03 bits per heavy atom. The van der Waals surface area contributed by atoms with Gasteiger partial charge < -0.3 is 14.7 Å². The van der Waals surface area contributed by atoms with Crippen LogP contribution in [0.3, 0.4) is 0 Å². The first-order chi connectivity index (χ1) is 34.8. The smallest absolute Gasteiger partial charge is 0.252 e. The molecule has 1 fully saturated rings. The number of nitrogens with zero attached hydrogens (tertiary/aromatic N) is 3. The highest BCUT2D eigenvalue weighted by atomic mass is 32.1. The third-order valence-electron chi connectivity index (χ3n) is 17.8. The lowest BCUT2D eigenvalue weighted by Gasteiger charge is -2.51. The fourth-order valence-electron chi connectivity index (χ4n) is 13.5. The van der Waals surface area contributed by atoms with Gasteiger partial charge in [-0.25, -0.2) is 0 Å². The molecule has 4 aliphatic rings. The molecule has 13 rings (SSSR count). The Labute approximate surface area is 438 Å². The highest BCUT2D eigenvalue weighted by Crippen LogP contribution is 2.62. The van der Waals surface area contributed by atoms with Crippen molar-refractivity contribution in [1.29, 1.82) is 0 Å². The summed E-state index contributed by atoms with van der Waals surface area (Å²) in [7, 11) is 0. The van der Waals surface area contributed by atoms with Crippen molar-refractivity contribution in [2.24, 2.45) is 0 Å². The lowest BCUT2D eigenvalue weighted by molar-refractivity contribution is 0.195. The normalized spacial score (nSPS) is 19.2. The summed E-state index contributed by atoms with van der Waals surface area (Å²) in [6.45, 7) is 26.4. The number of anilines is 8. The van der Waals surface area contributed by atoms with Crippen molar-refractivity contribution >= 4 is 100 Å². The zero-order valence-electron chi connectivity index (χ0n) is 44.7.